The molecular weight excluding hydrogens is 262 g/mol. The van der Waals surface area contributed by atoms with Gasteiger partial charge in [0.2, 0.25) is 0 Å². The number of pyridine rings is 1. The summed E-state index contributed by atoms with van der Waals surface area (Å²) in [7, 11) is 1.34. The molecule has 0 aromatic carbocycles. The van der Waals surface area contributed by atoms with E-state index >= 15 is 0 Å². The van der Waals surface area contributed by atoms with Gasteiger partial charge in [0, 0.05) is 4.47 Å². The van der Waals surface area contributed by atoms with Gasteiger partial charge in [-0.05, 0) is 35.0 Å². The highest BCUT2D eigenvalue weighted by atomic mass is 79.9. The van der Waals surface area contributed by atoms with Gasteiger partial charge >= 0.3 is 5.97 Å². The van der Waals surface area contributed by atoms with Gasteiger partial charge in [-0.1, -0.05) is 0 Å². The van der Waals surface area contributed by atoms with Crippen LogP contribution in [0.25, 0.3) is 5.65 Å². The molecule has 0 amide bonds. The fourth-order valence-electron chi connectivity index (χ4n) is 1.38. The molecule has 0 aliphatic carbocycles. The Bertz CT molecular complexity index is 535. The van der Waals surface area contributed by atoms with Gasteiger partial charge in [0.15, 0.2) is 5.65 Å². The lowest BCUT2D eigenvalue weighted by molar-refractivity contribution is 0.0591. The number of methoxy groups -OCH3 is 1. The summed E-state index contributed by atoms with van der Waals surface area (Å²) in [6.07, 6.45) is 0. The molecule has 0 saturated heterocycles. The zero-order valence-corrected chi connectivity index (χ0v) is 9.78. The van der Waals surface area contributed by atoms with Crippen molar-refractivity contribution in [1.82, 2.24) is 14.6 Å². The third-order valence-electron chi connectivity index (χ3n) is 2.06. The van der Waals surface area contributed by atoms with Gasteiger partial charge in [0.05, 0.1) is 7.11 Å². The first kappa shape index (κ1) is 10.1. The summed E-state index contributed by atoms with van der Waals surface area (Å²) in [4.78, 5) is 11.6. The quantitative estimate of drug-likeness (QED) is 0.738. The first-order chi connectivity index (χ1) is 7.15. The van der Waals surface area contributed by atoms with Crippen LogP contribution in [0, 0.1) is 6.92 Å². The van der Waals surface area contributed by atoms with Crippen molar-refractivity contribution in [3.05, 3.63) is 28.1 Å². The van der Waals surface area contributed by atoms with Crippen molar-refractivity contribution in [2.75, 3.05) is 7.11 Å². The number of hydrogen-bond donors (Lipinski definition) is 0. The first-order valence-electron chi connectivity index (χ1n) is 4.23. The number of esters is 1. The second-order valence-electron chi connectivity index (χ2n) is 2.96. The maximum absolute atomic E-state index is 11.6. The van der Waals surface area contributed by atoms with Gasteiger partial charge in [-0.25, -0.2) is 4.79 Å². The zero-order chi connectivity index (χ0) is 11.0. The molecule has 2 aromatic heterocycles. The maximum Gasteiger partial charge on any atom is 0.356 e. The van der Waals surface area contributed by atoms with E-state index in [1.807, 2.05) is 0 Å². The molecule has 0 aliphatic heterocycles. The lowest BCUT2D eigenvalue weighted by atomic mass is 10.3. The Morgan fingerprint density at radius 3 is 2.87 bits per heavy atom. The summed E-state index contributed by atoms with van der Waals surface area (Å²) in [5.41, 5.74) is 1.02. The molecule has 15 heavy (non-hydrogen) atoms. The molecule has 0 aliphatic rings. The maximum atomic E-state index is 11.6. The number of rotatable bonds is 1. The number of aromatic nitrogens is 3. The Kier molecular flexibility index (Phi) is 2.44. The van der Waals surface area contributed by atoms with E-state index in [-0.39, 0.29) is 0 Å². The Balaban J connectivity index is 2.84. The highest BCUT2D eigenvalue weighted by Gasteiger charge is 2.17. The number of fused-ring (bicyclic) bond motifs is 1. The van der Waals surface area contributed by atoms with Crippen LogP contribution < -0.4 is 0 Å². The highest BCUT2D eigenvalue weighted by Crippen LogP contribution is 2.20. The Labute approximate surface area is 94.2 Å². The first-order valence-corrected chi connectivity index (χ1v) is 5.03. The zero-order valence-electron chi connectivity index (χ0n) is 8.19. The number of hydrogen-bond acceptors (Lipinski definition) is 4. The van der Waals surface area contributed by atoms with E-state index in [4.69, 9.17) is 4.74 Å². The van der Waals surface area contributed by atoms with Crippen LogP contribution in [-0.4, -0.2) is 27.7 Å². The van der Waals surface area contributed by atoms with Gasteiger partial charge in [-0.15, -0.1) is 10.2 Å². The smallest absolute Gasteiger partial charge is 0.356 e. The van der Waals surface area contributed by atoms with Crippen molar-refractivity contribution in [3.63, 3.8) is 0 Å². The van der Waals surface area contributed by atoms with Crippen LogP contribution >= 0.6 is 15.9 Å². The molecule has 0 atom stereocenters. The van der Waals surface area contributed by atoms with Gasteiger partial charge in [-0.3, -0.25) is 4.40 Å². The van der Waals surface area contributed by atoms with Crippen molar-refractivity contribution in [1.29, 1.82) is 0 Å². The fourth-order valence-corrected chi connectivity index (χ4v) is 1.85. The predicted octanol–water partition coefficient (Wildman–Crippen LogP) is 1.59. The largest absolute Gasteiger partial charge is 0.464 e. The number of carbonyl (C=O) groups is 1. The minimum atomic E-state index is -0.421. The molecule has 78 valence electrons. The summed E-state index contributed by atoms with van der Waals surface area (Å²) in [5.74, 6) is 0.224. The molecule has 0 spiro atoms. The molecule has 6 heteroatoms. The third kappa shape index (κ3) is 1.50. The van der Waals surface area contributed by atoms with Crippen LogP contribution in [0.1, 0.15) is 16.3 Å². The molecule has 5 nitrogen and oxygen atoms in total. The normalized spacial score (nSPS) is 10.6. The van der Waals surface area contributed by atoms with Crippen molar-refractivity contribution in [2.24, 2.45) is 0 Å². The Hall–Kier alpha value is -1.43. The SMILES string of the molecule is COC(=O)c1c(Br)ccc2nnc(C)n12. The van der Waals surface area contributed by atoms with Crippen LogP contribution in [0.5, 0.6) is 0 Å². The molecule has 0 N–H and O–H groups in total. The van der Waals surface area contributed by atoms with E-state index in [1.54, 1.807) is 23.5 Å². The van der Waals surface area contributed by atoms with Crippen molar-refractivity contribution in [3.8, 4) is 0 Å². The average Bonchev–Trinajstić information content (AvgIpc) is 2.60. The molecule has 2 heterocycles. The van der Waals surface area contributed by atoms with Crippen LogP contribution in [0.2, 0.25) is 0 Å². The summed E-state index contributed by atoms with van der Waals surface area (Å²) >= 11 is 3.30. The van der Waals surface area contributed by atoms with E-state index in [2.05, 4.69) is 26.1 Å². The fraction of sp³-hybridized carbons (Fsp3) is 0.222. The Morgan fingerprint density at radius 1 is 1.47 bits per heavy atom. The molecule has 0 unspecified atom stereocenters. The summed E-state index contributed by atoms with van der Waals surface area (Å²) in [5, 5.41) is 7.82. The lowest BCUT2D eigenvalue weighted by Gasteiger charge is -2.05. The van der Waals surface area contributed by atoms with Crippen molar-refractivity contribution < 1.29 is 9.53 Å². The van der Waals surface area contributed by atoms with Gasteiger partial charge in [0.25, 0.3) is 0 Å². The molecule has 2 rings (SSSR count). The topological polar surface area (TPSA) is 56.5 Å². The van der Waals surface area contributed by atoms with Crippen molar-refractivity contribution in [2.45, 2.75) is 6.92 Å². The molecule has 0 bridgehead atoms. The summed E-state index contributed by atoms with van der Waals surface area (Å²) in [6.45, 7) is 1.78. The minimum absolute atomic E-state index is 0.400. The molecule has 0 radical (unpaired) electrons. The van der Waals surface area contributed by atoms with Crippen LogP contribution in [-0.2, 0) is 4.74 Å². The lowest BCUT2D eigenvalue weighted by Crippen LogP contribution is -2.10. The molecule has 2 aromatic rings. The number of halogens is 1. The van der Waals surface area contributed by atoms with E-state index < -0.39 is 5.97 Å². The second kappa shape index (κ2) is 3.62. The van der Waals surface area contributed by atoms with E-state index in [0.717, 1.165) is 0 Å². The van der Waals surface area contributed by atoms with Gasteiger partial charge in [-0.2, -0.15) is 0 Å². The highest BCUT2D eigenvalue weighted by molar-refractivity contribution is 9.10. The summed E-state index contributed by atoms with van der Waals surface area (Å²) in [6, 6.07) is 3.52. The number of carbonyl (C=O) groups excluding carboxylic acids is 1. The Morgan fingerprint density at radius 2 is 2.20 bits per heavy atom. The average molecular weight is 270 g/mol. The summed E-state index contributed by atoms with van der Waals surface area (Å²) < 4.78 is 7.01. The van der Waals surface area contributed by atoms with Crippen LogP contribution in [0.15, 0.2) is 16.6 Å². The second-order valence-corrected chi connectivity index (χ2v) is 3.82. The van der Waals surface area contributed by atoms with Gasteiger partial charge < -0.3 is 4.74 Å². The van der Waals surface area contributed by atoms with Crippen LogP contribution in [0.4, 0.5) is 0 Å². The van der Waals surface area contributed by atoms with E-state index in [1.165, 1.54) is 7.11 Å². The van der Waals surface area contributed by atoms with Gasteiger partial charge in [0.1, 0.15) is 11.5 Å². The predicted molar refractivity (Wildman–Crippen MR) is 56.8 cm³/mol. The standard InChI is InChI=1S/C9H8BrN3O2/c1-5-11-12-7-4-3-6(10)8(13(5)7)9(14)15-2/h3-4H,1-2H3. The van der Waals surface area contributed by atoms with E-state index in [9.17, 15) is 4.79 Å². The van der Waals surface area contributed by atoms with E-state index in [0.29, 0.717) is 21.6 Å². The third-order valence-corrected chi connectivity index (χ3v) is 2.70. The van der Waals surface area contributed by atoms with Crippen molar-refractivity contribution >= 4 is 27.5 Å². The minimum Gasteiger partial charge on any atom is -0.464 e. The number of ether oxygens (including phenoxy) is 1. The number of aryl methyl sites for hydroxylation is 1. The molecule has 0 saturated carbocycles. The number of nitrogens with zero attached hydrogens (tertiary/aromatic N) is 3. The molecule has 0 fully saturated rings. The van der Waals surface area contributed by atoms with Crippen LogP contribution in [0.3, 0.4) is 0 Å². The molecular formula is C9H8BrN3O2. The monoisotopic (exact) mass is 269 g/mol.